The van der Waals surface area contributed by atoms with Gasteiger partial charge in [0, 0.05) is 19.7 Å². The van der Waals surface area contributed by atoms with Gasteiger partial charge in [0.15, 0.2) is 0 Å². The fourth-order valence-corrected chi connectivity index (χ4v) is 3.17. The summed E-state index contributed by atoms with van der Waals surface area (Å²) in [5, 5.41) is 4.33. The third-order valence-electron chi connectivity index (χ3n) is 1.69. The first-order chi connectivity index (χ1) is 6.19. The molecule has 0 aliphatic rings. The molecule has 0 bridgehead atoms. The molecule has 1 unspecified atom stereocenters. The van der Waals surface area contributed by atoms with Crippen molar-refractivity contribution in [2.75, 3.05) is 18.5 Å². The van der Waals surface area contributed by atoms with Crippen LogP contribution in [-0.4, -0.2) is 23.1 Å². The third kappa shape index (κ3) is 3.06. The summed E-state index contributed by atoms with van der Waals surface area (Å²) in [7, 11) is 2.10. The molecule has 1 atom stereocenters. The highest BCUT2D eigenvalue weighted by Crippen LogP contribution is 2.31. The van der Waals surface area contributed by atoms with Gasteiger partial charge in [0.1, 0.15) is 10.4 Å². The zero-order valence-corrected chi connectivity index (χ0v) is 12.3. The van der Waals surface area contributed by atoms with E-state index in [-0.39, 0.29) is 0 Å². The molecule has 0 spiro atoms. The molecule has 1 rings (SSSR count). The lowest BCUT2D eigenvalue weighted by atomic mass is 10.4. The van der Waals surface area contributed by atoms with Crippen LogP contribution in [0.15, 0.2) is 10.7 Å². The van der Waals surface area contributed by atoms with Crippen LogP contribution in [0.3, 0.4) is 0 Å². The van der Waals surface area contributed by atoms with E-state index < -0.39 is 0 Å². The van der Waals surface area contributed by atoms with Crippen LogP contribution in [0.2, 0.25) is 0 Å². The normalized spacial score (nSPS) is 11.4. The standard InChI is InChI=1S/C7H12BrIN3P/c1-3-4-11(2)7-5-6(8)10-12(7)13-9/h5,13H,3-4H2,1-2H3. The van der Waals surface area contributed by atoms with E-state index in [9.17, 15) is 0 Å². The first-order valence-corrected chi connectivity index (χ1v) is 8.87. The van der Waals surface area contributed by atoms with E-state index in [0.717, 1.165) is 17.6 Å². The average Bonchev–Trinajstić information content (AvgIpc) is 2.47. The number of hydrogen-bond acceptors (Lipinski definition) is 2. The Morgan fingerprint density at radius 2 is 2.46 bits per heavy atom. The topological polar surface area (TPSA) is 21.1 Å². The van der Waals surface area contributed by atoms with Crippen LogP contribution in [-0.2, 0) is 0 Å². The Hall–Kier alpha value is 0.650. The molecule has 3 nitrogen and oxygen atoms in total. The van der Waals surface area contributed by atoms with Crippen LogP contribution < -0.4 is 4.90 Å². The molecule has 1 aromatic rings. The Morgan fingerprint density at radius 1 is 1.77 bits per heavy atom. The number of halogens is 2. The third-order valence-corrected chi connectivity index (χ3v) is 3.94. The molecule has 0 radical (unpaired) electrons. The molecule has 0 aromatic carbocycles. The van der Waals surface area contributed by atoms with Crippen molar-refractivity contribution in [3.8, 4) is 0 Å². The fraction of sp³-hybridized carbons (Fsp3) is 0.571. The van der Waals surface area contributed by atoms with Crippen LogP contribution in [0.25, 0.3) is 0 Å². The Morgan fingerprint density at radius 3 is 3.00 bits per heavy atom. The summed E-state index contributed by atoms with van der Waals surface area (Å²) >= 11 is 5.72. The predicted molar refractivity (Wildman–Crippen MR) is 71.2 cm³/mol. The van der Waals surface area contributed by atoms with Crippen molar-refractivity contribution in [2.45, 2.75) is 13.3 Å². The first kappa shape index (κ1) is 11.7. The average molecular weight is 376 g/mol. The van der Waals surface area contributed by atoms with Crippen molar-refractivity contribution in [2.24, 2.45) is 0 Å². The second kappa shape index (κ2) is 5.51. The summed E-state index contributed by atoms with van der Waals surface area (Å²) in [6, 6.07) is 2.06. The van der Waals surface area contributed by atoms with Gasteiger partial charge in [0.2, 0.25) is 0 Å². The lowest BCUT2D eigenvalue weighted by Crippen LogP contribution is -2.19. The van der Waals surface area contributed by atoms with Gasteiger partial charge in [-0.1, -0.05) is 6.92 Å². The zero-order chi connectivity index (χ0) is 9.84. The molecular formula is C7H12BrIN3P. The Balaban J connectivity index is 2.84. The van der Waals surface area contributed by atoms with Crippen LogP contribution in [0, 0.1) is 0 Å². The van der Waals surface area contributed by atoms with Crippen molar-refractivity contribution in [1.82, 2.24) is 9.55 Å². The van der Waals surface area contributed by atoms with Crippen molar-refractivity contribution < 1.29 is 0 Å². The number of anilines is 1. The highest BCUT2D eigenvalue weighted by Gasteiger charge is 2.08. The lowest BCUT2D eigenvalue weighted by molar-refractivity contribution is 0.821. The lowest BCUT2D eigenvalue weighted by Gasteiger charge is -2.17. The maximum Gasteiger partial charge on any atom is 0.132 e. The highest BCUT2D eigenvalue weighted by molar-refractivity contribution is 14.2. The zero-order valence-electron chi connectivity index (χ0n) is 7.59. The maximum absolute atomic E-state index is 4.33. The molecule has 0 aliphatic carbocycles. The largest absolute Gasteiger partial charge is 0.360 e. The number of hydrogen-bond donors (Lipinski definition) is 0. The summed E-state index contributed by atoms with van der Waals surface area (Å²) in [5.41, 5.74) is 0. The molecule has 1 heterocycles. The molecule has 0 saturated carbocycles. The molecule has 0 amide bonds. The van der Waals surface area contributed by atoms with E-state index in [1.165, 1.54) is 5.82 Å². The van der Waals surface area contributed by atoms with E-state index in [1.54, 1.807) is 0 Å². The van der Waals surface area contributed by atoms with Gasteiger partial charge < -0.3 is 4.90 Å². The van der Waals surface area contributed by atoms with Gasteiger partial charge in [-0.3, -0.25) is 0 Å². The minimum Gasteiger partial charge on any atom is -0.360 e. The number of aromatic nitrogens is 2. The highest BCUT2D eigenvalue weighted by atomic mass is 127. The molecule has 0 N–H and O–H groups in total. The molecule has 1 aromatic heterocycles. The molecule has 13 heavy (non-hydrogen) atoms. The van der Waals surface area contributed by atoms with Crippen molar-refractivity contribution >= 4 is 50.2 Å². The summed E-state index contributed by atoms with van der Waals surface area (Å²) < 4.78 is 2.93. The quantitative estimate of drug-likeness (QED) is 0.594. The SMILES string of the molecule is CCCN(C)c1cc(Br)nn1PI. The summed E-state index contributed by atoms with van der Waals surface area (Å²) in [6.45, 7) is 3.25. The fourth-order valence-electron chi connectivity index (χ4n) is 1.13. The molecule has 6 heteroatoms. The Labute approximate surface area is 102 Å². The van der Waals surface area contributed by atoms with E-state index in [4.69, 9.17) is 0 Å². The molecular weight excluding hydrogens is 364 g/mol. The van der Waals surface area contributed by atoms with Crippen molar-refractivity contribution in [3.05, 3.63) is 10.7 Å². The second-order valence-corrected chi connectivity index (χ2v) is 5.60. The van der Waals surface area contributed by atoms with E-state index in [1.807, 2.05) is 4.45 Å². The van der Waals surface area contributed by atoms with Gasteiger partial charge in [0.05, 0.1) is 6.37 Å². The van der Waals surface area contributed by atoms with Crippen molar-refractivity contribution in [1.29, 1.82) is 0 Å². The monoisotopic (exact) mass is 375 g/mol. The van der Waals surface area contributed by atoms with Gasteiger partial charge in [-0.2, -0.15) is 5.10 Å². The molecule has 0 saturated heterocycles. The Kier molecular flexibility index (Phi) is 4.97. The van der Waals surface area contributed by atoms with Gasteiger partial charge in [-0.25, -0.2) is 4.45 Å². The minimum atomic E-state index is 0.651. The minimum absolute atomic E-state index is 0.651. The van der Waals surface area contributed by atoms with Crippen LogP contribution in [0.5, 0.6) is 0 Å². The summed E-state index contributed by atoms with van der Waals surface area (Å²) in [6.07, 6.45) is 1.81. The van der Waals surface area contributed by atoms with Crippen LogP contribution in [0.1, 0.15) is 13.3 Å². The van der Waals surface area contributed by atoms with Crippen molar-refractivity contribution in [3.63, 3.8) is 0 Å². The summed E-state index contributed by atoms with van der Waals surface area (Å²) in [4.78, 5) is 2.23. The van der Waals surface area contributed by atoms with Gasteiger partial charge in [-0.05, 0) is 44.4 Å². The van der Waals surface area contributed by atoms with E-state index in [2.05, 4.69) is 68.0 Å². The van der Waals surface area contributed by atoms with E-state index >= 15 is 0 Å². The van der Waals surface area contributed by atoms with Gasteiger partial charge >= 0.3 is 0 Å². The van der Waals surface area contributed by atoms with Crippen LogP contribution in [0.4, 0.5) is 5.82 Å². The van der Waals surface area contributed by atoms with Crippen LogP contribution >= 0.6 is 44.3 Å². The molecule has 74 valence electrons. The Bertz CT molecular complexity index is 279. The number of nitrogens with zero attached hydrogens (tertiary/aromatic N) is 3. The predicted octanol–water partition coefficient (Wildman–Crippen LogP) is 3.28. The first-order valence-electron chi connectivity index (χ1n) is 4.02. The maximum atomic E-state index is 4.33. The van der Waals surface area contributed by atoms with Gasteiger partial charge in [0.25, 0.3) is 0 Å². The smallest absolute Gasteiger partial charge is 0.132 e. The second-order valence-electron chi connectivity index (χ2n) is 2.74. The van der Waals surface area contributed by atoms with Gasteiger partial charge in [-0.15, -0.1) is 0 Å². The summed E-state index contributed by atoms with van der Waals surface area (Å²) in [5.74, 6) is 1.18. The molecule has 0 aliphatic heterocycles. The number of rotatable bonds is 4. The van der Waals surface area contributed by atoms with E-state index in [0.29, 0.717) is 6.37 Å². The molecule has 0 fully saturated rings.